The van der Waals surface area contributed by atoms with E-state index >= 15 is 0 Å². The Bertz CT molecular complexity index is 1610. The first-order chi connectivity index (χ1) is 18.7. The first kappa shape index (κ1) is 24.1. The molecule has 3 aromatic heterocycles. The third kappa shape index (κ3) is 3.95. The van der Waals surface area contributed by atoms with Crippen molar-refractivity contribution in [1.29, 1.82) is 0 Å². The molecule has 2 fully saturated rings. The summed E-state index contributed by atoms with van der Waals surface area (Å²) >= 11 is 0. The van der Waals surface area contributed by atoms with Gasteiger partial charge in [-0.05, 0) is 54.4 Å². The minimum absolute atomic E-state index is 0.00776. The third-order valence-corrected chi connectivity index (χ3v) is 8.11. The van der Waals surface area contributed by atoms with Crippen LogP contribution in [0.2, 0.25) is 0 Å². The van der Waals surface area contributed by atoms with Gasteiger partial charge in [0.25, 0.3) is 0 Å². The summed E-state index contributed by atoms with van der Waals surface area (Å²) in [5.41, 5.74) is 4.58. The Morgan fingerprint density at radius 1 is 1.05 bits per heavy atom. The highest BCUT2D eigenvalue weighted by Gasteiger charge is 2.53. The lowest BCUT2D eigenvalue weighted by Gasteiger charge is -2.22. The number of rotatable bonds is 6. The molecular weight excluding hydrogens is 516 g/mol. The van der Waals surface area contributed by atoms with E-state index in [9.17, 15) is 17.6 Å². The van der Waals surface area contributed by atoms with E-state index in [4.69, 9.17) is 9.47 Å². The maximum atomic E-state index is 14.7. The van der Waals surface area contributed by atoms with E-state index in [1.54, 1.807) is 0 Å². The number of imidazole rings is 1. The monoisotopic (exact) mass is 540 g/mol. The molecule has 4 aromatic rings. The summed E-state index contributed by atoms with van der Waals surface area (Å²) in [6.07, 6.45) is 0.946. The quantitative estimate of drug-likeness (QED) is 0.318. The topological polar surface area (TPSA) is 77.7 Å². The van der Waals surface area contributed by atoms with Crippen LogP contribution in [0, 0.1) is 5.95 Å². The Labute approximate surface area is 220 Å². The molecule has 4 heterocycles. The average Bonchev–Trinajstić information content (AvgIpc) is 3.82. The highest BCUT2D eigenvalue weighted by molar-refractivity contribution is 5.70. The van der Waals surface area contributed by atoms with Crippen LogP contribution < -0.4 is 14.4 Å². The molecule has 2 aliphatic carbocycles. The standard InChI is InChI=1S/C27H24F4N6O2/c1-38-24-18(10-33-25(34-24)39-2)20-9-17(23-32-11-22(28)37(23)35-20)16-8-15(16)14-3-4-19-21(7-14)36(13-27(29,30)31)12-26(19)5-6-26/h3-4,7,9-11,15-16H,5-6,8,12-13H2,1-2H3/t15-,16+/m1/s1. The zero-order valence-electron chi connectivity index (χ0n) is 21.2. The van der Waals surface area contributed by atoms with Crippen LogP contribution in [-0.2, 0) is 5.41 Å². The van der Waals surface area contributed by atoms with Crippen LogP contribution >= 0.6 is 0 Å². The van der Waals surface area contributed by atoms with Gasteiger partial charge in [0.15, 0.2) is 5.65 Å². The summed E-state index contributed by atoms with van der Waals surface area (Å²) in [6.45, 7) is -0.542. The Kier molecular flexibility index (Phi) is 5.11. The number of nitrogens with zero attached hydrogens (tertiary/aromatic N) is 6. The SMILES string of the molecule is COc1ncc(-c2cc([C@H]3C[C@@H]3c3ccc4c(c3)N(CC(F)(F)F)CC43CC3)c3ncc(F)n3n2)c(OC)n1. The van der Waals surface area contributed by atoms with E-state index in [1.165, 1.54) is 25.3 Å². The van der Waals surface area contributed by atoms with Crippen molar-refractivity contribution in [3.63, 3.8) is 0 Å². The molecule has 12 heteroatoms. The van der Waals surface area contributed by atoms with Crippen molar-refractivity contribution in [2.75, 3.05) is 32.2 Å². The zero-order chi connectivity index (χ0) is 27.1. The number of benzene rings is 1. The maximum Gasteiger partial charge on any atom is 0.405 e. The number of hydrogen-bond acceptors (Lipinski definition) is 7. The van der Waals surface area contributed by atoms with E-state index in [1.807, 2.05) is 24.3 Å². The third-order valence-electron chi connectivity index (χ3n) is 8.11. The molecule has 3 aliphatic rings. The Morgan fingerprint density at radius 2 is 1.87 bits per heavy atom. The largest absolute Gasteiger partial charge is 0.480 e. The normalized spacial score (nSPS) is 20.9. The number of anilines is 1. The molecule has 8 nitrogen and oxygen atoms in total. The molecule has 1 aromatic carbocycles. The molecule has 1 spiro atoms. The first-order valence-electron chi connectivity index (χ1n) is 12.7. The van der Waals surface area contributed by atoms with Crippen LogP contribution in [0.3, 0.4) is 0 Å². The molecule has 0 amide bonds. The van der Waals surface area contributed by atoms with E-state index in [0.717, 1.165) is 46.7 Å². The summed E-state index contributed by atoms with van der Waals surface area (Å²) in [7, 11) is 2.90. The van der Waals surface area contributed by atoms with Crippen molar-refractivity contribution in [2.24, 2.45) is 0 Å². The second-order valence-corrected chi connectivity index (χ2v) is 10.6. The van der Waals surface area contributed by atoms with Gasteiger partial charge in [-0.15, -0.1) is 0 Å². The van der Waals surface area contributed by atoms with Gasteiger partial charge in [0, 0.05) is 29.4 Å². The smallest absolute Gasteiger partial charge is 0.405 e. The van der Waals surface area contributed by atoms with Gasteiger partial charge >= 0.3 is 12.2 Å². The first-order valence-corrected chi connectivity index (χ1v) is 12.7. The average molecular weight is 541 g/mol. The van der Waals surface area contributed by atoms with Gasteiger partial charge < -0.3 is 14.4 Å². The highest BCUT2D eigenvalue weighted by Crippen LogP contribution is 2.60. The number of ether oxygens (including phenoxy) is 2. The lowest BCUT2D eigenvalue weighted by molar-refractivity contribution is -0.119. The van der Waals surface area contributed by atoms with E-state index < -0.39 is 18.7 Å². The lowest BCUT2D eigenvalue weighted by atomic mass is 9.95. The van der Waals surface area contributed by atoms with Crippen molar-refractivity contribution in [3.05, 3.63) is 59.3 Å². The summed E-state index contributed by atoms with van der Waals surface area (Å²) in [6, 6.07) is 7.92. The maximum absolute atomic E-state index is 14.7. The summed E-state index contributed by atoms with van der Waals surface area (Å²) in [5, 5.41) is 4.42. The van der Waals surface area contributed by atoms with Crippen LogP contribution in [0.1, 0.15) is 47.8 Å². The van der Waals surface area contributed by atoms with Gasteiger partial charge in [-0.2, -0.15) is 32.2 Å². The minimum Gasteiger partial charge on any atom is -0.480 e. The Morgan fingerprint density at radius 3 is 2.59 bits per heavy atom. The molecule has 0 N–H and O–H groups in total. The molecule has 39 heavy (non-hydrogen) atoms. The van der Waals surface area contributed by atoms with Gasteiger partial charge in [0.05, 0.1) is 31.7 Å². The van der Waals surface area contributed by atoms with Gasteiger partial charge in [-0.3, -0.25) is 0 Å². The van der Waals surface area contributed by atoms with Crippen molar-refractivity contribution < 1.29 is 27.0 Å². The van der Waals surface area contributed by atoms with Crippen molar-refractivity contribution >= 4 is 11.3 Å². The molecule has 7 rings (SSSR count). The molecule has 0 bridgehead atoms. The van der Waals surface area contributed by atoms with Crippen LogP contribution in [0.15, 0.2) is 36.7 Å². The number of hydrogen-bond donors (Lipinski definition) is 0. The second kappa shape index (κ2) is 8.27. The number of aromatic nitrogens is 5. The van der Waals surface area contributed by atoms with E-state index in [0.29, 0.717) is 29.1 Å². The predicted octanol–water partition coefficient (Wildman–Crippen LogP) is 5.03. The predicted molar refractivity (Wildman–Crippen MR) is 133 cm³/mol. The van der Waals surface area contributed by atoms with Crippen LogP contribution in [0.25, 0.3) is 16.9 Å². The Balaban J connectivity index is 1.26. The van der Waals surface area contributed by atoms with Crippen molar-refractivity contribution in [1.82, 2.24) is 24.6 Å². The van der Waals surface area contributed by atoms with Gasteiger partial charge in [-0.1, -0.05) is 12.1 Å². The summed E-state index contributed by atoms with van der Waals surface area (Å²) in [5.74, 6) is -0.336. The minimum atomic E-state index is -4.27. The number of halogens is 4. The number of methoxy groups -OCH3 is 2. The van der Waals surface area contributed by atoms with Crippen LogP contribution in [0.4, 0.5) is 23.2 Å². The molecule has 2 saturated carbocycles. The highest BCUT2D eigenvalue weighted by atomic mass is 19.4. The van der Waals surface area contributed by atoms with Gasteiger partial charge in [-0.25, -0.2) is 9.97 Å². The molecule has 2 atom stereocenters. The van der Waals surface area contributed by atoms with Crippen molar-refractivity contribution in [3.8, 4) is 23.1 Å². The van der Waals surface area contributed by atoms with E-state index in [2.05, 4.69) is 20.1 Å². The number of fused-ring (bicyclic) bond motifs is 3. The fraction of sp³-hybridized carbons (Fsp3) is 0.407. The van der Waals surface area contributed by atoms with E-state index in [-0.39, 0.29) is 29.1 Å². The molecule has 202 valence electrons. The molecular formula is C27H24F4N6O2. The lowest BCUT2D eigenvalue weighted by Crippen LogP contribution is -2.34. The Hall–Kier alpha value is -3.96. The van der Waals surface area contributed by atoms with Crippen LogP contribution in [0.5, 0.6) is 11.9 Å². The zero-order valence-corrected chi connectivity index (χ0v) is 21.2. The molecule has 0 saturated heterocycles. The fourth-order valence-corrected chi connectivity index (χ4v) is 6.02. The van der Waals surface area contributed by atoms with Gasteiger partial charge in [0.1, 0.15) is 6.54 Å². The molecule has 0 unspecified atom stereocenters. The van der Waals surface area contributed by atoms with Gasteiger partial charge in [0.2, 0.25) is 11.8 Å². The molecule has 1 aliphatic heterocycles. The fourth-order valence-electron chi connectivity index (χ4n) is 6.02. The van der Waals surface area contributed by atoms with Crippen molar-refractivity contribution in [2.45, 2.75) is 42.7 Å². The second-order valence-electron chi connectivity index (χ2n) is 10.6. The van der Waals surface area contributed by atoms with Crippen LogP contribution in [-0.4, -0.2) is 58.1 Å². The molecule has 0 radical (unpaired) electrons. The summed E-state index contributed by atoms with van der Waals surface area (Å²) in [4.78, 5) is 14.1. The number of alkyl halides is 3. The summed E-state index contributed by atoms with van der Waals surface area (Å²) < 4.78 is 66.3.